The molecule has 1 fully saturated rings. The summed E-state index contributed by atoms with van der Waals surface area (Å²) < 4.78 is 1.72. The zero-order valence-corrected chi connectivity index (χ0v) is 13.9. The zero-order chi connectivity index (χ0) is 16.4. The molecule has 0 unspecified atom stereocenters. The van der Waals surface area contributed by atoms with Gasteiger partial charge in [-0.05, 0) is 32.3 Å². The van der Waals surface area contributed by atoms with Gasteiger partial charge < -0.3 is 9.80 Å². The molecule has 0 atom stereocenters. The lowest BCUT2D eigenvalue weighted by atomic mass is 10.1. The molecule has 0 saturated carbocycles. The second kappa shape index (κ2) is 6.56. The van der Waals surface area contributed by atoms with Crippen LogP contribution < -0.4 is 0 Å². The Bertz CT molecular complexity index is 607. The van der Waals surface area contributed by atoms with Crippen molar-refractivity contribution < 1.29 is 9.59 Å². The maximum atomic E-state index is 12.6. The van der Waals surface area contributed by atoms with Crippen LogP contribution in [0.1, 0.15) is 35.4 Å². The summed E-state index contributed by atoms with van der Waals surface area (Å²) in [6, 6.07) is 1.82. The van der Waals surface area contributed by atoms with Crippen LogP contribution in [0.4, 0.5) is 0 Å². The molecule has 1 aromatic heterocycles. The van der Waals surface area contributed by atoms with E-state index < -0.39 is 0 Å². The molecule has 2 aliphatic rings. The van der Waals surface area contributed by atoms with Gasteiger partial charge in [-0.25, -0.2) is 0 Å². The Hall–Kier alpha value is -2.11. The molecule has 1 aliphatic heterocycles. The number of allylic oxidation sites excluding steroid dienone is 2. The van der Waals surface area contributed by atoms with E-state index in [0.717, 1.165) is 31.5 Å². The highest BCUT2D eigenvalue weighted by atomic mass is 16.2. The number of aromatic nitrogens is 2. The quantitative estimate of drug-likeness (QED) is 0.774. The van der Waals surface area contributed by atoms with E-state index in [1.165, 1.54) is 0 Å². The van der Waals surface area contributed by atoms with Gasteiger partial charge in [0, 0.05) is 44.8 Å². The van der Waals surface area contributed by atoms with Gasteiger partial charge in [-0.3, -0.25) is 14.3 Å². The standard InChI is InChI=1S/C17H24N4O2/c1-13-12-15(18-19(13)2)17(23)21-9-5-8-20(10-11-21)16(22)14-6-3-4-7-14/h3-4,12,14H,5-11H2,1-2H3. The summed E-state index contributed by atoms with van der Waals surface area (Å²) in [4.78, 5) is 28.8. The first-order valence-corrected chi connectivity index (χ1v) is 8.30. The van der Waals surface area contributed by atoms with Crippen molar-refractivity contribution in [3.05, 3.63) is 29.6 Å². The first kappa shape index (κ1) is 15.8. The molecule has 124 valence electrons. The van der Waals surface area contributed by atoms with Crippen molar-refractivity contribution in [3.63, 3.8) is 0 Å². The van der Waals surface area contributed by atoms with Crippen LogP contribution in [-0.2, 0) is 11.8 Å². The van der Waals surface area contributed by atoms with E-state index in [-0.39, 0.29) is 17.7 Å². The van der Waals surface area contributed by atoms with Crippen LogP contribution in [0.15, 0.2) is 18.2 Å². The third-order valence-corrected chi connectivity index (χ3v) is 4.78. The minimum absolute atomic E-state index is 0.0365. The number of carbonyl (C=O) groups is 2. The Morgan fingerprint density at radius 3 is 2.39 bits per heavy atom. The number of nitrogens with zero attached hydrogens (tertiary/aromatic N) is 4. The van der Waals surface area contributed by atoms with Crippen LogP contribution >= 0.6 is 0 Å². The van der Waals surface area contributed by atoms with Crippen LogP contribution in [0.5, 0.6) is 0 Å². The van der Waals surface area contributed by atoms with Gasteiger partial charge in [-0.2, -0.15) is 5.10 Å². The average molecular weight is 316 g/mol. The fourth-order valence-corrected chi connectivity index (χ4v) is 3.25. The van der Waals surface area contributed by atoms with E-state index in [4.69, 9.17) is 0 Å². The van der Waals surface area contributed by atoms with Crippen LogP contribution in [0.2, 0.25) is 0 Å². The largest absolute Gasteiger partial charge is 0.341 e. The topological polar surface area (TPSA) is 58.4 Å². The fraction of sp³-hybridized carbons (Fsp3) is 0.588. The second-order valence-electron chi connectivity index (χ2n) is 6.41. The summed E-state index contributed by atoms with van der Waals surface area (Å²) in [7, 11) is 1.84. The molecule has 0 radical (unpaired) electrons. The lowest BCUT2D eigenvalue weighted by Crippen LogP contribution is -2.39. The first-order valence-electron chi connectivity index (χ1n) is 8.30. The molecule has 0 spiro atoms. The molecule has 6 heteroatoms. The second-order valence-corrected chi connectivity index (χ2v) is 6.41. The Morgan fingerprint density at radius 1 is 1.09 bits per heavy atom. The number of hydrogen-bond acceptors (Lipinski definition) is 3. The van der Waals surface area contributed by atoms with E-state index >= 15 is 0 Å². The maximum Gasteiger partial charge on any atom is 0.274 e. The molecule has 1 aliphatic carbocycles. The van der Waals surface area contributed by atoms with Gasteiger partial charge in [-0.1, -0.05) is 12.2 Å². The Labute approximate surface area is 136 Å². The maximum absolute atomic E-state index is 12.6. The van der Waals surface area contributed by atoms with Gasteiger partial charge in [0.2, 0.25) is 5.91 Å². The number of carbonyl (C=O) groups excluding carboxylic acids is 2. The number of rotatable bonds is 2. The highest BCUT2D eigenvalue weighted by Gasteiger charge is 2.28. The Balaban J connectivity index is 1.61. The lowest BCUT2D eigenvalue weighted by Gasteiger charge is -2.24. The summed E-state index contributed by atoms with van der Waals surface area (Å²) in [5.41, 5.74) is 1.46. The molecule has 6 nitrogen and oxygen atoms in total. The average Bonchev–Trinajstić information content (AvgIpc) is 3.10. The monoisotopic (exact) mass is 316 g/mol. The van der Waals surface area contributed by atoms with Crippen molar-refractivity contribution >= 4 is 11.8 Å². The third kappa shape index (κ3) is 3.30. The Morgan fingerprint density at radius 2 is 1.74 bits per heavy atom. The van der Waals surface area contributed by atoms with Crippen molar-refractivity contribution in [2.45, 2.75) is 26.2 Å². The van der Waals surface area contributed by atoms with E-state index in [2.05, 4.69) is 17.3 Å². The van der Waals surface area contributed by atoms with Crippen molar-refractivity contribution in [3.8, 4) is 0 Å². The highest BCUT2D eigenvalue weighted by molar-refractivity contribution is 5.92. The van der Waals surface area contributed by atoms with Crippen molar-refractivity contribution in [2.75, 3.05) is 26.2 Å². The van der Waals surface area contributed by atoms with Crippen LogP contribution in [0.25, 0.3) is 0 Å². The van der Waals surface area contributed by atoms with E-state index in [0.29, 0.717) is 25.3 Å². The van der Waals surface area contributed by atoms with Gasteiger partial charge in [0.05, 0.1) is 0 Å². The third-order valence-electron chi connectivity index (χ3n) is 4.78. The SMILES string of the molecule is Cc1cc(C(=O)N2CCCN(C(=O)C3CC=CC3)CC2)nn1C. The summed E-state index contributed by atoms with van der Waals surface area (Å²) in [6.07, 6.45) is 6.69. The molecule has 1 saturated heterocycles. The fourth-order valence-electron chi connectivity index (χ4n) is 3.25. The van der Waals surface area contributed by atoms with Crippen molar-refractivity contribution in [2.24, 2.45) is 13.0 Å². The van der Waals surface area contributed by atoms with Crippen LogP contribution in [-0.4, -0.2) is 57.6 Å². The van der Waals surface area contributed by atoms with Gasteiger partial charge in [-0.15, -0.1) is 0 Å². The van der Waals surface area contributed by atoms with Crippen molar-refractivity contribution in [1.29, 1.82) is 0 Å². The normalized spacial score (nSPS) is 19.2. The zero-order valence-electron chi connectivity index (χ0n) is 13.9. The summed E-state index contributed by atoms with van der Waals surface area (Å²) >= 11 is 0. The molecular weight excluding hydrogens is 292 g/mol. The van der Waals surface area contributed by atoms with Gasteiger partial charge >= 0.3 is 0 Å². The summed E-state index contributed by atoms with van der Waals surface area (Å²) in [5.74, 6) is 0.305. The molecule has 2 heterocycles. The smallest absolute Gasteiger partial charge is 0.274 e. The number of amides is 2. The van der Waals surface area contributed by atoms with E-state index in [1.54, 1.807) is 4.68 Å². The predicted molar refractivity (Wildman–Crippen MR) is 86.9 cm³/mol. The van der Waals surface area contributed by atoms with Gasteiger partial charge in [0.15, 0.2) is 5.69 Å². The minimum atomic E-state index is -0.0365. The molecule has 3 rings (SSSR count). The molecule has 0 bridgehead atoms. The van der Waals surface area contributed by atoms with E-state index in [1.807, 2.05) is 29.8 Å². The van der Waals surface area contributed by atoms with Crippen LogP contribution in [0, 0.1) is 12.8 Å². The van der Waals surface area contributed by atoms with Gasteiger partial charge in [0.25, 0.3) is 5.91 Å². The molecule has 23 heavy (non-hydrogen) atoms. The first-order chi connectivity index (χ1) is 11.1. The van der Waals surface area contributed by atoms with Crippen LogP contribution in [0.3, 0.4) is 0 Å². The lowest BCUT2D eigenvalue weighted by molar-refractivity contribution is -0.135. The molecule has 0 N–H and O–H groups in total. The Kier molecular flexibility index (Phi) is 4.50. The summed E-state index contributed by atoms with van der Waals surface area (Å²) in [6.45, 7) is 4.55. The highest BCUT2D eigenvalue weighted by Crippen LogP contribution is 2.21. The van der Waals surface area contributed by atoms with Gasteiger partial charge in [0.1, 0.15) is 0 Å². The summed E-state index contributed by atoms with van der Waals surface area (Å²) in [5, 5.41) is 4.27. The molecule has 1 aromatic rings. The molecule has 2 amide bonds. The number of hydrogen-bond donors (Lipinski definition) is 0. The number of aryl methyl sites for hydroxylation is 2. The molecular formula is C17H24N4O2. The minimum Gasteiger partial charge on any atom is -0.341 e. The predicted octanol–water partition coefficient (Wildman–Crippen LogP) is 1.37. The van der Waals surface area contributed by atoms with Crippen molar-refractivity contribution in [1.82, 2.24) is 19.6 Å². The molecule has 0 aromatic carbocycles. The van der Waals surface area contributed by atoms with E-state index in [9.17, 15) is 9.59 Å².